The van der Waals surface area contributed by atoms with E-state index in [0.717, 1.165) is 37.8 Å². The molecule has 1 heterocycles. The second-order valence-corrected chi connectivity index (χ2v) is 9.48. The number of aromatic nitrogens is 1. The average Bonchev–Trinajstić information content (AvgIpc) is 2.88. The van der Waals surface area contributed by atoms with Crippen molar-refractivity contribution < 1.29 is 19.4 Å². The number of para-hydroxylation sites is 1. The first-order valence-electron chi connectivity index (χ1n) is 11.7. The van der Waals surface area contributed by atoms with Crippen LogP contribution in [-0.4, -0.2) is 35.6 Å². The number of rotatable bonds is 9. The molecule has 0 saturated heterocycles. The third-order valence-corrected chi connectivity index (χ3v) is 6.75. The number of hydrogen-bond donors (Lipinski definition) is 2. The molecule has 184 valence electrons. The smallest absolute Gasteiger partial charge is 0.303 e. The van der Waals surface area contributed by atoms with Gasteiger partial charge in [0.05, 0.1) is 23.9 Å². The van der Waals surface area contributed by atoms with Crippen LogP contribution in [0.5, 0.6) is 5.75 Å². The van der Waals surface area contributed by atoms with E-state index in [4.69, 9.17) is 9.72 Å². The van der Waals surface area contributed by atoms with Gasteiger partial charge < -0.3 is 15.2 Å². The number of hydrogen-bond acceptors (Lipinski definition) is 4. The normalized spacial score (nSPS) is 11.8. The molecule has 2 N–H and O–H groups in total. The Bertz CT molecular complexity index is 1410. The molecule has 36 heavy (non-hydrogen) atoms. The van der Waals surface area contributed by atoms with E-state index in [1.165, 1.54) is 0 Å². The van der Waals surface area contributed by atoms with Crippen LogP contribution in [0.15, 0.2) is 77.3 Å². The number of amides is 1. The molecule has 3 aromatic carbocycles. The fraction of sp³-hybridized carbons (Fsp3) is 0.207. The highest BCUT2D eigenvalue weighted by Crippen LogP contribution is 2.32. The van der Waals surface area contributed by atoms with Gasteiger partial charge >= 0.3 is 5.97 Å². The second kappa shape index (κ2) is 11.4. The Labute approximate surface area is 218 Å². The predicted molar refractivity (Wildman–Crippen MR) is 145 cm³/mol. The van der Waals surface area contributed by atoms with E-state index in [2.05, 4.69) is 21.2 Å². The summed E-state index contributed by atoms with van der Waals surface area (Å²) in [4.78, 5) is 29.9. The molecule has 1 aromatic heterocycles. The van der Waals surface area contributed by atoms with Crippen LogP contribution in [0, 0.1) is 6.92 Å². The van der Waals surface area contributed by atoms with Crippen molar-refractivity contribution in [3.63, 3.8) is 0 Å². The lowest BCUT2D eigenvalue weighted by molar-refractivity contribution is -0.137. The Hall–Kier alpha value is -3.71. The molecule has 0 aliphatic carbocycles. The summed E-state index contributed by atoms with van der Waals surface area (Å²) in [5, 5.41) is 13.1. The minimum Gasteiger partial charge on any atom is -0.496 e. The zero-order valence-electron chi connectivity index (χ0n) is 20.1. The lowest BCUT2D eigenvalue weighted by atomic mass is 9.92. The number of pyridine rings is 1. The maximum absolute atomic E-state index is 13.7. The van der Waals surface area contributed by atoms with E-state index in [1.807, 2.05) is 79.7 Å². The van der Waals surface area contributed by atoms with Gasteiger partial charge in [-0.25, -0.2) is 4.98 Å². The number of carboxylic acid groups (broad SMARTS) is 1. The van der Waals surface area contributed by atoms with Gasteiger partial charge in [0.1, 0.15) is 5.75 Å². The number of aliphatic carboxylic acids is 1. The number of fused-ring (bicyclic) bond motifs is 1. The van der Waals surface area contributed by atoms with E-state index in [-0.39, 0.29) is 24.8 Å². The molecular formula is C29H27BrN2O4. The minimum atomic E-state index is -0.880. The van der Waals surface area contributed by atoms with E-state index >= 15 is 0 Å². The zero-order chi connectivity index (χ0) is 25.7. The molecule has 0 bridgehead atoms. The summed E-state index contributed by atoms with van der Waals surface area (Å²) in [6.07, 6.45) is 0.355. The quantitative estimate of drug-likeness (QED) is 0.255. The molecule has 1 amide bonds. The van der Waals surface area contributed by atoms with Crippen molar-refractivity contribution >= 4 is 38.7 Å². The van der Waals surface area contributed by atoms with Crippen molar-refractivity contribution in [2.24, 2.45) is 0 Å². The van der Waals surface area contributed by atoms with Crippen molar-refractivity contribution in [2.75, 3.05) is 13.7 Å². The van der Waals surface area contributed by atoms with Crippen LogP contribution in [0.1, 0.15) is 40.2 Å². The van der Waals surface area contributed by atoms with Crippen LogP contribution < -0.4 is 10.1 Å². The summed E-state index contributed by atoms with van der Waals surface area (Å²) < 4.78 is 6.36. The summed E-state index contributed by atoms with van der Waals surface area (Å²) in [7, 11) is 1.58. The first-order valence-corrected chi connectivity index (χ1v) is 12.5. The van der Waals surface area contributed by atoms with E-state index in [0.29, 0.717) is 17.7 Å². The molecular weight excluding hydrogens is 520 g/mol. The van der Waals surface area contributed by atoms with Crippen molar-refractivity contribution in [1.82, 2.24) is 10.3 Å². The number of carbonyl (C=O) groups excluding carboxylic acids is 1. The topological polar surface area (TPSA) is 88.5 Å². The van der Waals surface area contributed by atoms with Crippen molar-refractivity contribution in [3.8, 4) is 17.0 Å². The van der Waals surface area contributed by atoms with Crippen molar-refractivity contribution in [1.29, 1.82) is 0 Å². The monoisotopic (exact) mass is 546 g/mol. The summed E-state index contributed by atoms with van der Waals surface area (Å²) >= 11 is 3.52. The van der Waals surface area contributed by atoms with Crippen LogP contribution >= 0.6 is 15.9 Å². The minimum absolute atomic E-state index is 0.0130. The van der Waals surface area contributed by atoms with Crippen LogP contribution in [0.3, 0.4) is 0 Å². The average molecular weight is 547 g/mol. The largest absolute Gasteiger partial charge is 0.496 e. The Morgan fingerprint density at radius 2 is 1.78 bits per heavy atom. The molecule has 0 aliphatic rings. The van der Waals surface area contributed by atoms with E-state index in [9.17, 15) is 14.7 Å². The maximum atomic E-state index is 13.7. The fourth-order valence-electron chi connectivity index (χ4n) is 4.47. The van der Waals surface area contributed by atoms with Crippen LogP contribution in [0.2, 0.25) is 0 Å². The Morgan fingerprint density at radius 3 is 2.50 bits per heavy atom. The number of carbonyl (C=O) groups is 2. The molecule has 0 radical (unpaired) electrons. The standard InChI is InChI=1S/C29H27BrN2O4/c1-18-27(23-16-21(30)13-14-24(23)32-28(18)19-8-4-3-5-9-19)29(35)31-17-20(12-15-26(33)34)22-10-6-7-11-25(22)36-2/h3-11,13-14,16,20H,12,15,17H2,1-2H3,(H,31,35)(H,33,34)/t20-/m0/s1. The highest BCUT2D eigenvalue weighted by molar-refractivity contribution is 9.10. The molecule has 0 fully saturated rings. The number of ether oxygens (including phenoxy) is 1. The lowest BCUT2D eigenvalue weighted by Gasteiger charge is -2.21. The highest BCUT2D eigenvalue weighted by atomic mass is 79.9. The summed E-state index contributed by atoms with van der Waals surface area (Å²) in [6, 6.07) is 23.0. The molecule has 4 aromatic rings. The molecule has 0 spiro atoms. The first kappa shape index (κ1) is 25.4. The molecule has 6 nitrogen and oxygen atoms in total. The number of halogens is 1. The molecule has 4 rings (SSSR count). The van der Waals surface area contributed by atoms with Gasteiger partial charge in [0.2, 0.25) is 0 Å². The van der Waals surface area contributed by atoms with Crippen LogP contribution in [0.25, 0.3) is 22.2 Å². The van der Waals surface area contributed by atoms with Gasteiger partial charge in [-0.1, -0.05) is 64.5 Å². The van der Waals surface area contributed by atoms with Gasteiger partial charge in [-0.3, -0.25) is 9.59 Å². The van der Waals surface area contributed by atoms with Gasteiger partial charge in [-0.05, 0) is 48.7 Å². The molecule has 1 atom stereocenters. The van der Waals surface area contributed by atoms with Gasteiger partial charge in [0.25, 0.3) is 5.91 Å². The van der Waals surface area contributed by atoms with Gasteiger partial charge in [-0.15, -0.1) is 0 Å². The van der Waals surface area contributed by atoms with Gasteiger partial charge in [0, 0.05) is 34.3 Å². The Balaban J connectivity index is 1.72. The number of benzene rings is 3. The summed E-state index contributed by atoms with van der Waals surface area (Å²) in [6.45, 7) is 2.18. The number of methoxy groups -OCH3 is 1. The second-order valence-electron chi connectivity index (χ2n) is 8.57. The van der Waals surface area contributed by atoms with Crippen molar-refractivity contribution in [3.05, 3.63) is 94.0 Å². The van der Waals surface area contributed by atoms with Gasteiger partial charge in [0.15, 0.2) is 0 Å². The van der Waals surface area contributed by atoms with Crippen LogP contribution in [-0.2, 0) is 4.79 Å². The lowest BCUT2D eigenvalue weighted by Crippen LogP contribution is -2.30. The Morgan fingerprint density at radius 1 is 1.06 bits per heavy atom. The van der Waals surface area contributed by atoms with Crippen molar-refractivity contribution in [2.45, 2.75) is 25.7 Å². The molecule has 0 aliphatic heterocycles. The molecule has 0 saturated carbocycles. The maximum Gasteiger partial charge on any atom is 0.303 e. The third kappa shape index (κ3) is 5.57. The summed E-state index contributed by atoms with van der Waals surface area (Å²) in [5.74, 6) is -0.669. The first-order chi connectivity index (χ1) is 17.4. The number of nitrogens with zero attached hydrogens (tertiary/aromatic N) is 1. The van der Waals surface area contributed by atoms with E-state index < -0.39 is 5.97 Å². The molecule has 0 unspecified atom stereocenters. The fourth-order valence-corrected chi connectivity index (χ4v) is 4.83. The summed E-state index contributed by atoms with van der Waals surface area (Å²) in [5.41, 5.74) is 4.61. The zero-order valence-corrected chi connectivity index (χ0v) is 21.7. The van der Waals surface area contributed by atoms with Crippen LogP contribution in [0.4, 0.5) is 0 Å². The number of carboxylic acids is 1. The van der Waals surface area contributed by atoms with Gasteiger partial charge in [-0.2, -0.15) is 0 Å². The Kier molecular flexibility index (Phi) is 8.00. The molecule has 7 heteroatoms. The SMILES string of the molecule is COc1ccccc1[C@@H](CCC(=O)O)CNC(=O)c1c(C)c(-c2ccccc2)nc2ccc(Br)cc12. The third-order valence-electron chi connectivity index (χ3n) is 6.26. The van der Waals surface area contributed by atoms with E-state index in [1.54, 1.807) is 7.11 Å². The predicted octanol–water partition coefficient (Wildman–Crippen LogP) is 6.36. The number of nitrogens with one attached hydrogen (secondary N) is 1. The highest BCUT2D eigenvalue weighted by Gasteiger charge is 2.22.